The van der Waals surface area contributed by atoms with Gasteiger partial charge >= 0.3 is 5.97 Å². The maximum atomic E-state index is 12.4. The molecule has 0 bridgehead atoms. The lowest BCUT2D eigenvalue weighted by atomic mass is 10.2. The van der Waals surface area contributed by atoms with Crippen molar-refractivity contribution < 1.29 is 14.6 Å². The maximum Gasteiger partial charge on any atom is 0.345 e. The second-order valence-corrected chi connectivity index (χ2v) is 8.14. The molecule has 8 nitrogen and oxygen atoms in total. The summed E-state index contributed by atoms with van der Waals surface area (Å²) in [5.74, 6) is 0.177. The molecule has 0 saturated heterocycles. The Morgan fingerprint density at radius 1 is 1.19 bits per heavy atom. The number of thioether (sulfide) groups is 1. The topological polar surface area (TPSA) is 106 Å². The monoisotopic (exact) mass is 469 g/mol. The number of carbonyl (C=O) groups is 1. The van der Waals surface area contributed by atoms with E-state index in [2.05, 4.69) is 20.2 Å². The van der Waals surface area contributed by atoms with Crippen molar-refractivity contribution in [1.29, 1.82) is 0 Å². The van der Waals surface area contributed by atoms with Crippen molar-refractivity contribution in [3.05, 3.63) is 65.1 Å². The Bertz CT molecular complexity index is 1260. The molecule has 0 amide bonds. The number of carbonyl (C=O) groups excluding carboxylic acids is 1. The van der Waals surface area contributed by atoms with E-state index in [9.17, 15) is 9.90 Å². The molecule has 2 aromatic heterocycles. The maximum absolute atomic E-state index is 12.4. The minimum atomic E-state index is -0.680. The van der Waals surface area contributed by atoms with Crippen molar-refractivity contribution >= 4 is 45.9 Å². The Morgan fingerprint density at radius 3 is 2.62 bits per heavy atom. The number of para-hydroxylation sites is 2. The molecular weight excluding hydrogens is 450 g/mol. The summed E-state index contributed by atoms with van der Waals surface area (Å²) in [6, 6.07) is 14.7. The Labute approximate surface area is 193 Å². The number of imidazole rings is 1. The number of halogens is 1. The van der Waals surface area contributed by atoms with E-state index in [4.69, 9.17) is 16.3 Å². The summed E-state index contributed by atoms with van der Waals surface area (Å²) in [6.07, 6.45) is 0. The molecule has 0 fully saturated rings. The molecule has 0 unspecified atom stereocenters. The van der Waals surface area contributed by atoms with Crippen LogP contribution in [0.1, 0.15) is 12.7 Å². The lowest BCUT2D eigenvalue weighted by Crippen LogP contribution is -2.10. The van der Waals surface area contributed by atoms with Crippen molar-refractivity contribution in [2.45, 2.75) is 18.6 Å². The average molecular weight is 470 g/mol. The number of aromatic nitrogens is 5. The normalized spacial score (nSPS) is 12.1. The average Bonchev–Trinajstić information content (AvgIpc) is 3.41. The quantitative estimate of drug-likeness (QED) is 0.174. The van der Waals surface area contributed by atoms with E-state index < -0.39 is 5.97 Å². The first-order valence-corrected chi connectivity index (χ1v) is 11.2. The van der Waals surface area contributed by atoms with Crippen LogP contribution in [0.5, 0.6) is 0 Å². The van der Waals surface area contributed by atoms with E-state index in [1.165, 1.54) is 18.9 Å². The third-order valence-corrected chi connectivity index (χ3v) is 6.01. The minimum Gasteiger partial charge on any atom is -0.510 e. The van der Waals surface area contributed by atoms with E-state index >= 15 is 0 Å². The summed E-state index contributed by atoms with van der Waals surface area (Å²) in [7, 11) is 1.26. The predicted molar refractivity (Wildman–Crippen MR) is 125 cm³/mol. The fourth-order valence-corrected chi connectivity index (χ4v) is 4.23. The number of aliphatic hydroxyl groups is 1. The molecule has 0 atom stereocenters. The zero-order chi connectivity index (χ0) is 22.7. The van der Waals surface area contributed by atoms with Crippen LogP contribution in [0.3, 0.4) is 0 Å². The standard InChI is InChI=1S/C22H20ClN5O3S/c1-3-28-20(13-8-10-14(23)11-9-13)26-27-22(28)32-12-17(29)18(21(30)31-2)19-24-15-6-4-5-7-16(15)25-19/h4-11,29H,3,12H2,1-2H3,(H,24,25)/b18-17+. The molecule has 0 radical (unpaired) electrons. The molecular formula is C22H20ClN5O3S. The number of nitrogens with one attached hydrogen (secondary N) is 1. The first kappa shape index (κ1) is 21.9. The van der Waals surface area contributed by atoms with Crippen molar-refractivity contribution in [3.8, 4) is 11.4 Å². The van der Waals surface area contributed by atoms with Crippen LogP contribution < -0.4 is 0 Å². The van der Waals surface area contributed by atoms with E-state index in [1.807, 2.05) is 47.9 Å². The number of hydrogen-bond donors (Lipinski definition) is 2. The van der Waals surface area contributed by atoms with E-state index in [-0.39, 0.29) is 22.9 Å². The fraction of sp³-hybridized carbons (Fsp3) is 0.182. The van der Waals surface area contributed by atoms with Gasteiger partial charge in [0.15, 0.2) is 11.0 Å². The minimum absolute atomic E-state index is 0.0170. The van der Waals surface area contributed by atoms with Crippen LogP contribution in [0.25, 0.3) is 28.0 Å². The Morgan fingerprint density at radius 2 is 1.94 bits per heavy atom. The summed E-state index contributed by atoms with van der Waals surface area (Å²) < 4.78 is 6.81. The van der Waals surface area contributed by atoms with Crippen LogP contribution in [-0.2, 0) is 16.1 Å². The van der Waals surface area contributed by atoms with Gasteiger partial charge in [-0.15, -0.1) is 10.2 Å². The molecule has 2 aromatic carbocycles. The molecule has 0 aliphatic heterocycles. The van der Waals surface area contributed by atoms with Gasteiger partial charge in [0.05, 0.1) is 23.9 Å². The largest absolute Gasteiger partial charge is 0.510 e. The molecule has 164 valence electrons. The van der Waals surface area contributed by atoms with Crippen molar-refractivity contribution in [2.24, 2.45) is 0 Å². The van der Waals surface area contributed by atoms with Gasteiger partial charge in [0.2, 0.25) is 0 Å². The van der Waals surface area contributed by atoms with Gasteiger partial charge in [-0.1, -0.05) is 35.5 Å². The summed E-state index contributed by atoms with van der Waals surface area (Å²) >= 11 is 7.24. The molecule has 32 heavy (non-hydrogen) atoms. The lowest BCUT2D eigenvalue weighted by molar-refractivity contribution is -0.133. The molecule has 0 spiro atoms. The molecule has 0 saturated carbocycles. The summed E-state index contributed by atoms with van der Waals surface area (Å²) in [5, 5.41) is 20.6. The van der Waals surface area contributed by atoms with Crippen molar-refractivity contribution in [1.82, 2.24) is 24.7 Å². The first-order chi connectivity index (χ1) is 15.5. The van der Waals surface area contributed by atoms with Gasteiger partial charge in [-0.2, -0.15) is 0 Å². The second kappa shape index (κ2) is 9.46. The highest BCUT2D eigenvalue weighted by Gasteiger charge is 2.23. The number of ether oxygens (including phenoxy) is 1. The van der Waals surface area contributed by atoms with Crippen LogP contribution >= 0.6 is 23.4 Å². The van der Waals surface area contributed by atoms with Gasteiger partial charge in [0.25, 0.3) is 0 Å². The van der Waals surface area contributed by atoms with Crippen LogP contribution in [0.2, 0.25) is 5.02 Å². The third-order valence-electron chi connectivity index (χ3n) is 4.78. The number of benzene rings is 2. The van der Waals surface area contributed by atoms with Gasteiger partial charge in [-0.25, -0.2) is 9.78 Å². The zero-order valence-corrected chi connectivity index (χ0v) is 18.9. The van der Waals surface area contributed by atoms with Crippen molar-refractivity contribution in [2.75, 3.05) is 12.9 Å². The summed E-state index contributed by atoms with van der Waals surface area (Å²) in [4.78, 5) is 19.9. The molecule has 10 heteroatoms. The molecule has 0 aliphatic carbocycles. The van der Waals surface area contributed by atoms with Gasteiger partial charge in [-0.05, 0) is 43.3 Å². The number of methoxy groups -OCH3 is 1. The highest BCUT2D eigenvalue weighted by Crippen LogP contribution is 2.28. The second-order valence-electron chi connectivity index (χ2n) is 6.76. The Hall–Kier alpha value is -3.30. The number of nitrogens with zero attached hydrogens (tertiary/aromatic N) is 4. The van der Waals surface area contributed by atoms with Crippen LogP contribution in [0.15, 0.2) is 59.4 Å². The van der Waals surface area contributed by atoms with Crippen molar-refractivity contribution in [3.63, 3.8) is 0 Å². The lowest BCUT2D eigenvalue weighted by Gasteiger charge is -2.09. The molecule has 4 aromatic rings. The molecule has 0 aliphatic rings. The number of aromatic amines is 1. The number of aliphatic hydroxyl groups excluding tert-OH is 1. The number of hydrogen-bond acceptors (Lipinski definition) is 7. The van der Waals surface area contributed by atoms with E-state index in [0.717, 1.165) is 11.1 Å². The van der Waals surface area contributed by atoms with Crippen LogP contribution in [-0.4, -0.2) is 48.7 Å². The highest BCUT2D eigenvalue weighted by atomic mass is 35.5. The first-order valence-electron chi connectivity index (χ1n) is 9.79. The summed E-state index contributed by atoms with van der Waals surface area (Å²) in [6.45, 7) is 2.61. The number of esters is 1. The van der Waals surface area contributed by atoms with Crippen LogP contribution in [0, 0.1) is 0 Å². The predicted octanol–water partition coefficient (Wildman–Crippen LogP) is 4.73. The Balaban J connectivity index is 1.63. The Kier molecular flexibility index (Phi) is 6.48. The summed E-state index contributed by atoms with van der Waals surface area (Å²) in [5.41, 5.74) is 2.30. The SMILES string of the molecule is CCn1c(SC/C(O)=C(\C(=O)OC)c2nc3ccccc3[nH]2)nnc1-c1ccc(Cl)cc1. The molecule has 2 heterocycles. The van der Waals surface area contributed by atoms with Gasteiger partial charge in [0.1, 0.15) is 17.2 Å². The van der Waals surface area contributed by atoms with E-state index in [1.54, 1.807) is 12.1 Å². The van der Waals surface area contributed by atoms with E-state index in [0.29, 0.717) is 28.1 Å². The molecule has 4 rings (SSSR count). The van der Waals surface area contributed by atoms with Gasteiger partial charge in [0, 0.05) is 17.1 Å². The van der Waals surface area contributed by atoms with Gasteiger partial charge < -0.3 is 19.4 Å². The van der Waals surface area contributed by atoms with Gasteiger partial charge in [-0.3, -0.25) is 0 Å². The highest BCUT2D eigenvalue weighted by molar-refractivity contribution is 7.99. The number of H-pyrrole nitrogens is 1. The molecule has 2 N–H and O–H groups in total. The fourth-order valence-electron chi connectivity index (χ4n) is 3.22. The number of fused-ring (bicyclic) bond motifs is 1. The third kappa shape index (κ3) is 4.35. The van der Waals surface area contributed by atoms with Crippen LogP contribution in [0.4, 0.5) is 0 Å². The zero-order valence-electron chi connectivity index (χ0n) is 17.4. The smallest absolute Gasteiger partial charge is 0.345 e. The number of rotatable bonds is 7.